The normalized spacial score (nSPS) is 11.8. The molecule has 0 saturated heterocycles. The van der Waals surface area contributed by atoms with Crippen LogP contribution in [0.15, 0.2) is 87.6 Å². The lowest BCUT2D eigenvalue weighted by molar-refractivity contribution is 0.590. The first kappa shape index (κ1) is 18.5. The molecule has 0 fully saturated rings. The van der Waals surface area contributed by atoms with Crippen molar-refractivity contribution in [3.63, 3.8) is 0 Å². The fraction of sp³-hybridized carbons (Fsp3) is 0.208. The largest absolute Gasteiger partial charge is 0.256 e. The Labute approximate surface area is 161 Å². The lowest BCUT2D eigenvalue weighted by Crippen LogP contribution is -2.10. The average Bonchev–Trinajstić information content (AvgIpc) is 2.63. The Morgan fingerprint density at radius 3 is 1.81 bits per heavy atom. The number of hydrogen-bond donors (Lipinski definition) is 0. The number of hydrogen-bond acceptors (Lipinski definition) is 2. The van der Waals surface area contributed by atoms with Gasteiger partial charge < -0.3 is 0 Å². The predicted molar refractivity (Wildman–Crippen MR) is 114 cm³/mol. The van der Waals surface area contributed by atoms with Crippen molar-refractivity contribution in [1.29, 1.82) is 0 Å². The molecule has 0 radical (unpaired) electrons. The summed E-state index contributed by atoms with van der Waals surface area (Å²) in [5.74, 6) is 0. The van der Waals surface area contributed by atoms with E-state index in [1.807, 2.05) is 6.21 Å². The van der Waals surface area contributed by atoms with Crippen molar-refractivity contribution in [3.8, 4) is 0 Å². The van der Waals surface area contributed by atoms with Crippen molar-refractivity contribution in [2.45, 2.75) is 42.9 Å². The van der Waals surface area contributed by atoms with E-state index in [0.29, 0.717) is 0 Å². The van der Waals surface area contributed by atoms with E-state index in [2.05, 4.69) is 105 Å². The summed E-state index contributed by atoms with van der Waals surface area (Å²) in [6.07, 6.45) is 1.92. The molecule has 0 bridgehead atoms. The van der Waals surface area contributed by atoms with Crippen LogP contribution in [0.5, 0.6) is 0 Å². The summed E-state index contributed by atoms with van der Waals surface area (Å²) in [6, 6.07) is 25.6. The second-order valence-corrected chi connectivity index (χ2v) is 8.69. The fourth-order valence-electron chi connectivity index (χ4n) is 2.56. The summed E-state index contributed by atoms with van der Waals surface area (Å²) < 4.78 is 0. The van der Waals surface area contributed by atoms with Gasteiger partial charge in [0.25, 0.3) is 0 Å². The first-order valence-electron chi connectivity index (χ1n) is 8.89. The summed E-state index contributed by atoms with van der Waals surface area (Å²) in [5.41, 5.74) is 4.88. The van der Waals surface area contributed by atoms with E-state index < -0.39 is 0 Å². The van der Waals surface area contributed by atoms with Gasteiger partial charge in [-0.1, -0.05) is 74.5 Å². The summed E-state index contributed by atoms with van der Waals surface area (Å²) in [7, 11) is 0. The Balaban J connectivity index is 1.65. The zero-order valence-electron chi connectivity index (χ0n) is 15.9. The van der Waals surface area contributed by atoms with Crippen LogP contribution in [0.3, 0.4) is 0 Å². The van der Waals surface area contributed by atoms with Gasteiger partial charge in [-0.25, -0.2) is 0 Å². The van der Waals surface area contributed by atoms with Gasteiger partial charge in [0, 0.05) is 16.0 Å². The smallest absolute Gasteiger partial charge is 0.0630 e. The highest BCUT2D eigenvalue weighted by Gasteiger charge is 2.12. The van der Waals surface area contributed by atoms with Gasteiger partial charge in [-0.15, -0.1) is 0 Å². The van der Waals surface area contributed by atoms with Crippen LogP contribution in [0.2, 0.25) is 0 Å². The Morgan fingerprint density at radius 2 is 1.27 bits per heavy atom. The quantitative estimate of drug-likeness (QED) is 0.449. The molecule has 0 spiro atoms. The fourth-order valence-corrected chi connectivity index (χ4v) is 3.38. The van der Waals surface area contributed by atoms with Gasteiger partial charge >= 0.3 is 0 Å². The zero-order valence-corrected chi connectivity index (χ0v) is 16.7. The van der Waals surface area contributed by atoms with Crippen molar-refractivity contribution in [2.75, 3.05) is 0 Å². The average molecular weight is 360 g/mol. The maximum atomic E-state index is 4.59. The molecule has 0 amide bonds. The molecule has 26 heavy (non-hydrogen) atoms. The van der Waals surface area contributed by atoms with Crippen molar-refractivity contribution in [2.24, 2.45) is 4.99 Å². The molecule has 0 aliphatic rings. The lowest BCUT2D eigenvalue weighted by Gasteiger charge is -2.18. The van der Waals surface area contributed by atoms with Gasteiger partial charge in [0.1, 0.15) is 0 Å². The zero-order chi connectivity index (χ0) is 18.6. The number of rotatable bonds is 4. The summed E-state index contributed by atoms with van der Waals surface area (Å²) >= 11 is 1.78. The minimum Gasteiger partial charge on any atom is -0.256 e. The van der Waals surface area contributed by atoms with Gasteiger partial charge in [-0.2, -0.15) is 0 Å². The molecule has 3 aromatic carbocycles. The van der Waals surface area contributed by atoms with Crippen LogP contribution in [-0.2, 0) is 5.41 Å². The van der Waals surface area contributed by atoms with Crippen molar-refractivity contribution in [1.82, 2.24) is 0 Å². The molecule has 132 valence electrons. The second-order valence-electron chi connectivity index (χ2n) is 7.54. The van der Waals surface area contributed by atoms with Gasteiger partial charge in [0.15, 0.2) is 0 Å². The van der Waals surface area contributed by atoms with Crippen LogP contribution in [0, 0.1) is 6.92 Å². The Kier molecular flexibility index (Phi) is 5.63. The van der Waals surface area contributed by atoms with Crippen LogP contribution >= 0.6 is 11.8 Å². The molecule has 0 aliphatic carbocycles. The Hall–Kier alpha value is -2.32. The second kappa shape index (κ2) is 7.92. The van der Waals surface area contributed by atoms with Crippen LogP contribution in [0.4, 0.5) is 5.69 Å². The predicted octanol–water partition coefficient (Wildman–Crippen LogP) is 7.19. The molecule has 3 aromatic rings. The number of aryl methyl sites for hydroxylation is 1. The van der Waals surface area contributed by atoms with E-state index in [1.165, 1.54) is 20.9 Å². The van der Waals surface area contributed by atoms with E-state index in [0.717, 1.165) is 11.3 Å². The lowest BCUT2D eigenvalue weighted by atomic mass is 9.87. The highest BCUT2D eigenvalue weighted by atomic mass is 32.2. The minimum atomic E-state index is 0.174. The highest BCUT2D eigenvalue weighted by Crippen LogP contribution is 2.28. The monoisotopic (exact) mass is 359 g/mol. The molecule has 0 saturated carbocycles. The maximum absolute atomic E-state index is 4.59. The molecule has 2 heteroatoms. The van der Waals surface area contributed by atoms with Crippen molar-refractivity contribution in [3.05, 3.63) is 89.5 Å². The number of benzene rings is 3. The van der Waals surface area contributed by atoms with Crippen LogP contribution in [0.25, 0.3) is 0 Å². The minimum absolute atomic E-state index is 0.174. The van der Waals surface area contributed by atoms with Gasteiger partial charge in [0.05, 0.1) is 5.69 Å². The van der Waals surface area contributed by atoms with Gasteiger partial charge in [-0.3, -0.25) is 4.99 Å². The third-order valence-corrected chi connectivity index (χ3v) is 5.25. The number of aliphatic imine (C=N–C) groups is 1. The molecule has 0 aliphatic heterocycles. The van der Waals surface area contributed by atoms with Crippen LogP contribution in [-0.4, -0.2) is 6.21 Å². The highest BCUT2D eigenvalue weighted by molar-refractivity contribution is 7.99. The van der Waals surface area contributed by atoms with Gasteiger partial charge in [-0.05, 0) is 59.9 Å². The maximum Gasteiger partial charge on any atom is 0.0630 e. The summed E-state index contributed by atoms with van der Waals surface area (Å²) in [5, 5.41) is 0. The SMILES string of the molecule is Cc1ccc(Sc2ccc(C=Nc3ccc(C(C)(C)C)cc3)cc2)cc1. The summed E-state index contributed by atoms with van der Waals surface area (Å²) in [4.78, 5) is 7.09. The topological polar surface area (TPSA) is 12.4 Å². The van der Waals surface area contributed by atoms with Gasteiger partial charge in [0.2, 0.25) is 0 Å². The standard InChI is InChI=1S/C24H25NS/c1-18-5-13-22(14-6-18)26-23-15-7-19(8-16-23)17-25-21-11-9-20(10-12-21)24(2,3)4/h5-17H,1-4H3. The van der Waals surface area contributed by atoms with Crippen molar-refractivity contribution < 1.29 is 0 Å². The molecular weight excluding hydrogens is 334 g/mol. The third kappa shape index (κ3) is 5.09. The molecule has 1 nitrogen and oxygen atoms in total. The molecule has 0 N–H and O–H groups in total. The Bertz CT molecular complexity index is 867. The third-order valence-electron chi connectivity index (χ3n) is 4.23. The first-order valence-corrected chi connectivity index (χ1v) is 9.71. The molecule has 0 heterocycles. The molecule has 3 rings (SSSR count). The van der Waals surface area contributed by atoms with Crippen LogP contribution < -0.4 is 0 Å². The summed E-state index contributed by atoms with van der Waals surface area (Å²) in [6.45, 7) is 8.78. The number of nitrogens with zero attached hydrogens (tertiary/aromatic N) is 1. The van der Waals surface area contributed by atoms with Crippen LogP contribution in [0.1, 0.15) is 37.5 Å². The van der Waals surface area contributed by atoms with E-state index in [-0.39, 0.29) is 5.41 Å². The Morgan fingerprint density at radius 1 is 0.731 bits per heavy atom. The van der Waals surface area contributed by atoms with Crippen molar-refractivity contribution >= 4 is 23.7 Å². The van der Waals surface area contributed by atoms with E-state index in [9.17, 15) is 0 Å². The first-order chi connectivity index (χ1) is 12.4. The molecule has 0 unspecified atom stereocenters. The van der Waals surface area contributed by atoms with E-state index in [4.69, 9.17) is 0 Å². The molecule has 0 atom stereocenters. The van der Waals surface area contributed by atoms with E-state index in [1.54, 1.807) is 11.8 Å². The molecule has 0 aromatic heterocycles. The van der Waals surface area contributed by atoms with E-state index >= 15 is 0 Å². The molecular formula is C24H25NS.